The molecule has 2 aliphatic rings. The molecule has 2 unspecified atom stereocenters. The van der Waals surface area contributed by atoms with Crippen LogP contribution in [0.25, 0.3) is 0 Å². The minimum atomic E-state index is 0.195. The Morgan fingerprint density at radius 1 is 1.15 bits per heavy atom. The number of hydrogen-bond donors (Lipinski definition) is 1. The molecule has 2 atom stereocenters. The first kappa shape index (κ1) is 16.3. The van der Waals surface area contributed by atoms with Crippen LogP contribution in [0.5, 0.6) is 0 Å². The molecule has 126 valence electrons. The average molecular weight is 337 g/mol. The Morgan fingerprint density at radius 3 is 2.81 bits per heavy atom. The van der Waals surface area contributed by atoms with Crippen LogP contribution < -0.4 is 0 Å². The Labute approximate surface area is 153 Å². The largest absolute Gasteiger partial charge is 0.308 e. The van der Waals surface area contributed by atoms with Crippen LogP contribution >= 0.6 is 0 Å². The van der Waals surface area contributed by atoms with Crippen molar-refractivity contribution in [2.75, 3.05) is 0 Å². The van der Waals surface area contributed by atoms with Crippen molar-refractivity contribution in [2.24, 2.45) is 11.8 Å². The fourth-order valence-corrected chi connectivity index (χ4v) is 3.41. The minimum absolute atomic E-state index is 0.195. The highest BCUT2D eigenvalue weighted by Crippen LogP contribution is 2.47. The van der Waals surface area contributed by atoms with Crippen LogP contribution in [0.3, 0.4) is 0 Å². The van der Waals surface area contributed by atoms with Gasteiger partial charge in [-0.3, -0.25) is 4.79 Å². The fraction of sp³-hybridized carbons (Fsp3) is 0.167. The number of benzene rings is 2. The number of carbonyl (C=O) groups is 1. The van der Waals surface area contributed by atoms with E-state index in [1.165, 1.54) is 6.21 Å². The molecule has 2 aliphatic carbocycles. The molecule has 0 aromatic heterocycles. The highest BCUT2D eigenvalue weighted by Gasteiger charge is 2.41. The van der Waals surface area contributed by atoms with Gasteiger partial charge in [-0.15, -0.1) is 0 Å². The summed E-state index contributed by atoms with van der Waals surface area (Å²) < 4.78 is 0. The van der Waals surface area contributed by atoms with Gasteiger partial charge in [0.1, 0.15) is 0 Å². The summed E-state index contributed by atoms with van der Waals surface area (Å²) in [6, 6.07) is 15.6. The van der Waals surface area contributed by atoms with Crippen LogP contribution in [0, 0.1) is 29.1 Å². The van der Waals surface area contributed by atoms with Gasteiger partial charge in [-0.2, -0.15) is 0 Å². The maximum absolute atomic E-state index is 12.6. The Hall–Kier alpha value is -3.18. The van der Waals surface area contributed by atoms with Crippen molar-refractivity contribution in [3.05, 3.63) is 94.6 Å². The molecule has 0 heterocycles. The zero-order valence-electron chi connectivity index (χ0n) is 14.4. The van der Waals surface area contributed by atoms with Gasteiger partial charge in [0.2, 0.25) is 0 Å². The molecule has 4 rings (SSSR count). The van der Waals surface area contributed by atoms with Crippen LogP contribution in [-0.4, -0.2) is 12.0 Å². The van der Waals surface area contributed by atoms with Gasteiger partial charge in [0, 0.05) is 29.3 Å². The molecule has 0 spiro atoms. The summed E-state index contributed by atoms with van der Waals surface area (Å²) >= 11 is 0. The SMILES string of the molecule is N=Cc1cc(CC(=O)C2=CC=CC3CC23)ccc1C#Cc1ccccc1. The van der Waals surface area contributed by atoms with Gasteiger partial charge in [-0.05, 0) is 53.7 Å². The number of allylic oxidation sites excluding steroid dienone is 4. The second-order valence-electron chi connectivity index (χ2n) is 6.79. The molecule has 0 aliphatic heterocycles. The lowest BCUT2D eigenvalue weighted by atomic mass is 9.94. The van der Waals surface area contributed by atoms with Crippen LogP contribution in [0.4, 0.5) is 0 Å². The highest BCUT2D eigenvalue weighted by atomic mass is 16.1. The molecule has 0 amide bonds. The van der Waals surface area contributed by atoms with Crippen LogP contribution in [0.1, 0.15) is 28.7 Å². The number of hydrogen-bond acceptors (Lipinski definition) is 2. The van der Waals surface area contributed by atoms with Crippen molar-refractivity contribution in [2.45, 2.75) is 12.8 Å². The predicted molar refractivity (Wildman–Crippen MR) is 104 cm³/mol. The van der Waals surface area contributed by atoms with Crippen molar-refractivity contribution in [1.29, 1.82) is 5.41 Å². The van der Waals surface area contributed by atoms with E-state index in [9.17, 15) is 4.79 Å². The quantitative estimate of drug-likeness (QED) is 0.655. The van der Waals surface area contributed by atoms with Gasteiger partial charge in [-0.25, -0.2) is 0 Å². The van der Waals surface area contributed by atoms with Crippen molar-refractivity contribution >= 4 is 12.0 Å². The molecule has 2 aromatic rings. The first-order chi connectivity index (χ1) is 12.7. The third-order valence-corrected chi connectivity index (χ3v) is 4.95. The van der Waals surface area contributed by atoms with E-state index in [1.807, 2.05) is 60.7 Å². The van der Waals surface area contributed by atoms with Gasteiger partial charge >= 0.3 is 0 Å². The zero-order valence-corrected chi connectivity index (χ0v) is 14.4. The number of rotatable bonds is 4. The second kappa shape index (κ2) is 6.98. The lowest BCUT2D eigenvalue weighted by Gasteiger charge is -2.09. The van der Waals surface area contributed by atoms with E-state index >= 15 is 0 Å². The molecule has 1 saturated carbocycles. The van der Waals surface area contributed by atoms with Gasteiger partial charge in [0.25, 0.3) is 0 Å². The standard InChI is InChI=1S/C24H19NO/c25-16-21-13-18(14-24(26)22-8-4-7-20-15-23(20)22)10-12-19(21)11-9-17-5-2-1-3-6-17/h1-8,10,12-13,16,20,23,25H,14-15H2. The topological polar surface area (TPSA) is 40.9 Å². The fourth-order valence-electron chi connectivity index (χ4n) is 3.41. The van der Waals surface area contributed by atoms with E-state index in [4.69, 9.17) is 5.41 Å². The maximum Gasteiger partial charge on any atom is 0.163 e. The number of nitrogens with one attached hydrogen (secondary N) is 1. The molecule has 1 fully saturated rings. The van der Waals surface area contributed by atoms with E-state index < -0.39 is 0 Å². The number of fused-ring (bicyclic) bond motifs is 1. The highest BCUT2D eigenvalue weighted by molar-refractivity contribution is 5.98. The third kappa shape index (κ3) is 3.43. The van der Waals surface area contributed by atoms with Crippen LogP contribution in [0.15, 0.2) is 72.3 Å². The van der Waals surface area contributed by atoms with Crippen LogP contribution in [-0.2, 0) is 11.2 Å². The molecule has 2 aromatic carbocycles. The zero-order chi connectivity index (χ0) is 17.9. The molecule has 0 radical (unpaired) electrons. The van der Waals surface area contributed by atoms with Gasteiger partial charge in [0.05, 0.1) is 0 Å². The van der Waals surface area contributed by atoms with Crippen LogP contribution in [0.2, 0.25) is 0 Å². The lowest BCUT2D eigenvalue weighted by Crippen LogP contribution is -2.10. The predicted octanol–water partition coefficient (Wildman–Crippen LogP) is 4.33. The Balaban J connectivity index is 1.53. The first-order valence-electron chi connectivity index (χ1n) is 8.86. The van der Waals surface area contributed by atoms with Gasteiger partial charge < -0.3 is 5.41 Å². The van der Waals surface area contributed by atoms with E-state index in [2.05, 4.69) is 17.9 Å². The molecular formula is C24H19NO. The molecular weight excluding hydrogens is 318 g/mol. The molecule has 2 heteroatoms. The first-order valence-corrected chi connectivity index (χ1v) is 8.86. The van der Waals surface area contributed by atoms with E-state index in [0.717, 1.165) is 34.2 Å². The van der Waals surface area contributed by atoms with E-state index in [-0.39, 0.29) is 5.78 Å². The van der Waals surface area contributed by atoms with E-state index in [1.54, 1.807) is 0 Å². The monoisotopic (exact) mass is 337 g/mol. The Bertz CT molecular complexity index is 986. The molecule has 1 N–H and O–H groups in total. The van der Waals surface area contributed by atoms with Gasteiger partial charge in [-0.1, -0.05) is 54.3 Å². The van der Waals surface area contributed by atoms with Gasteiger partial charge in [0.15, 0.2) is 5.78 Å². The van der Waals surface area contributed by atoms with E-state index in [0.29, 0.717) is 18.3 Å². The summed E-state index contributed by atoms with van der Waals surface area (Å²) in [5.74, 6) is 7.46. The summed E-state index contributed by atoms with van der Waals surface area (Å²) in [5.41, 5.74) is 4.40. The number of Topliss-reactive ketones (excluding diaryl/α,β-unsaturated/α-hetero) is 1. The molecule has 0 saturated heterocycles. The number of ketones is 1. The smallest absolute Gasteiger partial charge is 0.163 e. The van der Waals surface area contributed by atoms with Crippen molar-refractivity contribution in [3.63, 3.8) is 0 Å². The minimum Gasteiger partial charge on any atom is -0.308 e. The summed E-state index contributed by atoms with van der Waals surface area (Å²) in [6.07, 6.45) is 8.96. The lowest BCUT2D eigenvalue weighted by molar-refractivity contribution is -0.115. The summed E-state index contributed by atoms with van der Waals surface area (Å²) in [6.45, 7) is 0. The van der Waals surface area contributed by atoms with Crippen molar-refractivity contribution < 1.29 is 4.79 Å². The normalized spacial score (nSPS) is 19.6. The Morgan fingerprint density at radius 2 is 2.00 bits per heavy atom. The summed E-state index contributed by atoms with van der Waals surface area (Å²) in [7, 11) is 0. The van der Waals surface area contributed by atoms with Crippen molar-refractivity contribution in [3.8, 4) is 11.8 Å². The number of carbonyl (C=O) groups excluding carboxylic acids is 1. The summed E-state index contributed by atoms with van der Waals surface area (Å²) in [5, 5.41) is 7.68. The third-order valence-electron chi connectivity index (χ3n) is 4.95. The average Bonchev–Trinajstić information content (AvgIpc) is 3.47. The molecule has 0 bridgehead atoms. The second-order valence-corrected chi connectivity index (χ2v) is 6.79. The maximum atomic E-state index is 12.6. The molecule has 26 heavy (non-hydrogen) atoms. The van der Waals surface area contributed by atoms with Crippen molar-refractivity contribution in [1.82, 2.24) is 0 Å². The Kier molecular flexibility index (Phi) is 4.37. The summed E-state index contributed by atoms with van der Waals surface area (Å²) in [4.78, 5) is 12.6. The molecule has 2 nitrogen and oxygen atoms in total.